The second-order valence-corrected chi connectivity index (χ2v) is 7.37. The number of amides is 1. The minimum atomic E-state index is -0.00240. The molecule has 0 radical (unpaired) electrons. The van der Waals surface area contributed by atoms with Crippen LogP contribution in [0.5, 0.6) is 0 Å². The molecule has 3 saturated heterocycles. The molecule has 1 aromatic rings. The highest BCUT2D eigenvalue weighted by Gasteiger charge is 2.43. The molecule has 3 aliphatic rings. The quantitative estimate of drug-likeness (QED) is 0.852. The molecule has 4 rings (SSSR count). The number of hydrogen-bond acceptors (Lipinski definition) is 5. The number of carbonyl (C=O) groups excluding carboxylic acids is 1. The molecule has 120 valence electrons. The van der Waals surface area contributed by atoms with Gasteiger partial charge in [0.25, 0.3) is 5.91 Å². The van der Waals surface area contributed by atoms with Crippen LogP contribution in [0.15, 0.2) is 17.5 Å². The Bertz CT molecular complexity index is 515. The van der Waals surface area contributed by atoms with Crippen molar-refractivity contribution in [2.24, 2.45) is 5.92 Å². The second-order valence-electron chi connectivity index (χ2n) is 6.33. The predicted octanol–water partition coefficient (Wildman–Crippen LogP) is 1.89. The maximum absolute atomic E-state index is 12.7. The molecule has 3 fully saturated rings. The maximum Gasteiger partial charge on any atom is 0.250 e. The van der Waals surface area contributed by atoms with E-state index in [2.05, 4.69) is 22.4 Å². The summed E-state index contributed by atoms with van der Waals surface area (Å²) in [4.78, 5) is 21.9. The van der Waals surface area contributed by atoms with Crippen molar-refractivity contribution >= 4 is 17.2 Å². The van der Waals surface area contributed by atoms with Crippen LogP contribution in [0.1, 0.15) is 24.1 Å². The van der Waals surface area contributed by atoms with Gasteiger partial charge >= 0.3 is 0 Å². The number of hydrogen-bond donors (Lipinski definition) is 0. The Morgan fingerprint density at radius 1 is 1.41 bits per heavy atom. The molecule has 0 aromatic carbocycles. The maximum atomic E-state index is 12.7. The summed E-state index contributed by atoms with van der Waals surface area (Å²) < 4.78 is 5.90. The highest BCUT2D eigenvalue weighted by molar-refractivity contribution is 7.09. The molecule has 1 aromatic heterocycles. The lowest BCUT2D eigenvalue weighted by Gasteiger charge is -2.40. The molecule has 1 amide bonds. The number of likely N-dealkylation sites (tertiary alicyclic amines) is 1. The summed E-state index contributed by atoms with van der Waals surface area (Å²) in [6.07, 6.45) is 3.06. The number of rotatable bonds is 3. The number of thiophene rings is 1. The highest BCUT2D eigenvalue weighted by Crippen LogP contribution is 2.34. The van der Waals surface area contributed by atoms with E-state index in [0.29, 0.717) is 12.6 Å². The lowest BCUT2D eigenvalue weighted by molar-refractivity contribution is -0.177. The fraction of sp³-hybridized carbons (Fsp3) is 0.688. The van der Waals surface area contributed by atoms with Crippen LogP contribution in [-0.4, -0.2) is 54.3 Å². The van der Waals surface area contributed by atoms with E-state index < -0.39 is 0 Å². The summed E-state index contributed by atoms with van der Waals surface area (Å²) >= 11 is 1.78. The van der Waals surface area contributed by atoms with Crippen LogP contribution in [0.4, 0.5) is 0 Å². The molecule has 0 spiro atoms. The standard InChI is InChI=1S/C16H22N2O3S/c19-16(18-5-2-6-21-18)12-9-15-14(4-7-20-15)17(10-12)11-13-3-1-8-22-13/h1,3,8,12,14-15H,2,4-7,9-11H2/t12-,14+,15+/m0/s1. The molecular formula is C16H22N2O3S. The smallest absolute Gasteiger partial charge is 0.250 e. The lowest BCUT2D eigenvalue weighted by atomic mass is 9.89. The largest absolute Gasteiger partial charge is 0.377 e. The summed E-state index contributed by atoms with van der Waals surface area (Å²) in [7, 11) is 0. The summed E-state index contributed by atoms with van der Waals surface area (Å²) in [5.74, 6) is 0.139. The summed E-state index contributed by atoms with van der Waals surface area (Å²) in [5.41, 5.74) is 0. The van der Waals surface area contributed by atoms with Gasteiger partial charge in [-0.05, 0) is 30.7 Å². The first-order chi connectivity index (χ1) is 10.8. The molecule has 5 nitrogen and oxygen atoms in total. The van der Waals surface area contributed by atoms with E-state index >= 15 is 0 Å². The Morgan fingerprint density at radius 3 is 3.14 bits per heavy atom. The summed E-state index contributed by atoms with van der Waals surface area (Å²) in [6.45, 7) is 3.96. The fourth-order valence-electron chi connectivity index (χ4n) is 3.84. The predicted molar refractivity (Wildman–Crippen MR) is 83.3 cm³/mol. The van der Waals surface area contributed by atoms with Gasteiger partial charge in [0.15, 0.2) is 0 Å². The van der Waals surface area contributed by atoms with Crippen molar-refractivity contribution in [1.82, 2.24) is 9.96 Å². The van der Waals surface area contributed by atoms with Crippen molar-refractivity contribution in [1.29, 1.82) is 0 Å². The van der Waals surface area contributed by atoms with Crippen LogP contribution in [0.2, 0.25) is 0 Å². The fourth-order valence-corrected chi connectivity index (χ4v) is 4.57. The zero-order chi connectivity index (χ0) is 14.9. The monoisotopic (exact) mass is 322 g/mol. The average molecular weight is 322 g/mol. The second kappa shape index (κ2) is 6.28. The third-order valence-electron chi connectivity index (χ3n) is 4.90. The van der Waals surface area contributed by atoms with Gasteiger partial charge in [-0.15, -0.1) is 11.3 Å². The Labute approximate surface area is 134 Å². The minimum Gasteiger partial charge on any atom is -0.377 e. The number of hydroxylamine groups is 2. The minimum absolute atomic E-state index is 0.00240. The van der Waals surface area contributed by atoms with Gasteiger partial charge in [-0.2, -0.15) is 0 Å². The molecule has 6 heteroatoms. The zero-order valence-corrected chi connectivity index (χ0v) is 13.5. The summed E-state index contributed by atoms with van der Waals surface area (Å²) in [5, 5.41) is 3.69. The third kappa shape index (κ3) is 2.80. The van der Waals surface area contributed by atoms with Crippen LogP contribution in [0.25, 0.3) is 0 Å². The van der Waals surface area contributed by atoms with Gasteiger partial charge in [-0.3, -0.25) is 14.5 Å². The first-order valence-corrected chi connectivity index (χ1v) is 9.01. The number of ether oxygens (including phenoxy) is 1. The molecule has 0 N–H and O–H groups in total. The number of fused-ring (bicyclic) bond motifs is 1. The molecule has 22 heavy (non-hydrogen) atoms. The lowest BCUT2D eigenvalue weighted by Crippen LogP contribution is -2.52. The molecular weight excluding hydrogens is 300 g/mol. The van der Waals surface area contributed by atoms with Gasteiger partial charge in [0.1, 0.15) is 0 Å². The Hall–Kier alpha value is -0.950. The molecule has 4 heterocycles. The van der Waals surface area contributed by atoms with Gasteiger partial charge in [-0.25, -0.2) is 5.06 Å². The van der Waals surface area contributed by atoms with Crippen molar-refractivity contribution in [3.63, 3.8) is 0 Å². The first-order valence-electron chi connectivity index (χ1n) is 8.13. The molecule has 0 saturated carbocycles. The molecule has 0 bridgehead atoms. The van der Waals surface area contributed by atoms with Gasteiger partial charge in [-0.1, -0.05) is 6.07 Å². The van der Waals surface area contributed by atoms with Crippen molar-refractivity contribution in [2.45, 2.75) is 38.0 Å². The van der Waals surface area contributed by atoms with Crippen molar-refractivity contribution in [2.75, 3.05) is 26.3 Å². The highest BCUT2D eigenvalue weighted by atomic mass is 32.1. The van der Waals surface area contributed by atoms with Gasteiger partial charge < -0.3 is 4.74 Å². The van der Waals surface area contributed by atoms with Crippen LogP contribution in [-0.2, 0) is 20.9 Å². The summed E-state index contributed by atoms with van der Waals surface area (Å²) in [6, 6.07) is 4.73. The van der Waals surface area contributed by atoms with Crippen LogP contribution in [0, 0.1) is 5.92 Å². The van der Waals surface area contributed by atoms with E-state index in [9.17, 15) is 4.79 Å². The average Bonchev–Trinajstić information content (AvgIpc) is 3.27. The van der Waals surface area contributed by atoms with Crippen molar-refractivity contribution in [3.05, 3.63) is 22.4 Å². The Kier molecular flexibility index (Phi) is 4.17. The van der Waals surface area contributed by atoms with Crippen LogP contribution in [0.3, 0.4) is 0 Å². The topological polar surface area (TPSA) is 42.0 Å². The third-order valence-corrected chi connectivity index (χ3v) is 5.76. The normalized spacial score (nSPS) is 32.4. The van der Waals surface area contributed by atoms with Crippen molar-refractivity contribution in [3.8, 4) is 0 Å². The van der Waals surface area contributed by atoms with Gasteiger partial charge in [0, 0.05) is 30.6 Å². The van der Waals surface area contributed by atoms with E-state index in [4.69, 9.17) is 9.57 Å². The SMILES string of the molecule is O=C([C@H]1C[C@H]2OCC[C@H]2N(Cc2cccs2)C1)N1CCCO1. The molecule has 3 atom stereocenters. The Morgan fingerprint density at radius 2 is 2.36 bits per heavy atom. The number of piperidine rings is 1. The van der Waals surface area contributed by atoms with E-state index in [1.807, 2.05) is 0 Å². The van der Waals surface area contributed by atoms with Crippen LogP contribution >= 0.6 is 11.3 Å². The van der Waals surface area contributed by atoms with E-state index in [-0.39, 0.29) is 17.9 Å². The first kappa shape index (κ1) is 14.6. The van der Waals surface area contributed by atoms with E-state index in [1.165, 1.54) is 4.88 Å². The zero-order valence-electron chi connectivity index (χ0n) is 12.6. The van der Waals surface area contributed by atoms with Crippen LogP contribution < -0.4 is 0 Å². The number of carbonyl (C=O) groups is 1. The van der Waals surface area contributed by atoms with Gasteiger partial charge in [0.05, 0.1) is 25.2 Å². The molecule has 0 unspecified atom stereocenters. The Balaban J connectivity index is 1.48. The molecule has 0 aliphatic carbocycles. The van der Waals surface area contributed by atoms with Crippen molar-refractivity contribution < 1.29 is 14.4 Å². The molecule has 3 aliphatic heterocycles. The van der Waals surface area contributed by atoms with Gasteiger partial charge in [0.2, 0.25) is 0 Å². The van der Waals surface area contributed by atoms with E-state index in [0.717, 1.165) is 45.5 Å². The number of nitrogens with zero attached hydrogens (tertiary/aromatic N) is 2. The van der Waals surface area contributed by atoms with E-state index in [1.54, 1.807) is 16.4 Å².